The van der Waals surface area contributed by atoms with Crippen LogP contribution in [0.2, 0.25) is 0 Å². The number of hydrogen-bond acceptors (Lipinski definition) is 8. The number of fused-ring (bicyclic) bond motifs is 2. The highest BCUT2D eigenvalue weighted by molar-refractivity contribution is 5.90. The lowest BCUT2D eigenvalue weighted by atomic mass is 10.1. The fourth-order valence-corrected chi connectivity index (χ4v) is 4.40. The van der Waals surface area contributed by atoms with Crippen LogP contribution in [0.15, 0.2) is 112 Å². The molecule has 204 valence electrons. The average Bonchev–Trinajstić information content (AvgIpc) is 3.64. The Hall–Kier alpha value is -6.21. The van der Waals surface area contributed by atoms with Gasteiger partial charge in [-0.25, -0.2) is 19.3 Å². The number of carbonyl (C=O) groups is 1. The Morgan fingerprint density at radius 3 is 2.64 bits per heavy atom. The molecular formula is C32H21N5O5. The summed E-state index contributed by atoms with van der Waals surface area (Å²) in [6.07, 6.45) is 4.29. The van der Waals surface area contributed by atoms with E-state index in [4.69, 9.17) is 9.15 Å². The van der Waals surface area contributed by atoms with Crippen LogP contribution in [0.25, 0.3) is 50.6 Å². The third-order valence-corrected chi connectivity index (χ3v) is 6.44. The number of aromatic amines is 1. The van der Waals surface area contributed by atoms with Gasteiger partial charge < -0.3 is 19.2 Å². The molecular weight excluding hydrogens is 534 g/mol. The molecule has 42 heavy (non-hydrogen) atoms. The Labute approximate surface area is 238 Å². The van der Waals surface area contributed by atoms with Gasteiger partial charge in [0.25, 0.3) is 0 Å². The summed E-state index contributed by atoms with van der Waals surface area (Å²) in [6.45, 7) is -0.548. The van der Waals surface area contributed by atoms with E-state index >= 15 is 0 Å². The smallest absolute Gasteiger partial charge is 0.345 e. The average molecular weight is 556 g/mol. The van der Waals surface area contributed by atoms with Gasteiger partial charge in [-0.15, -0.1) is 0 Å². The van der Waals surface area contributed by atoms with Gasteiger partial charge >= 0.3 is 11.6 Å². The first-order chi connectivity index (χ1) is 20.5. The maximum Gasteiger partial charge on any atom is 0.345 e. The van der Waals surface area contributed by atoms with Crippen LogP contribution in [0, 0.1) is 11.3 Å². The summed E-state index contributed by atoms with van der Waals surface area (Å²) in [5.41, 5.74) is 2.78. The van der Waals surface area contributed by atoms with Crippen LogP contribution in [-0.4, -0.2) is 37.4 Å². The molecule has 3 heterocycles. The second-order valence-corrected chi connectivity index (χ2v) is 9.18. The second kappa shape index (κ2) is 11.1. The highest BCUT2D eigenvalue weighted by atomic mass is 16.5. The number of aliphatic hydroxyl groups excluding tert-OH is 1. The van der Waals surface area contributed by atoms with Crippen molar-refractivity contribution in [2.24, 2.45) is 0 Å². The standard InChI is InChI=1S/C32H21N5O5/c33-17-24(31-34-25-11-5-6-12-26(25)35-31)27(38)19-41-29(39)15-14-21-18-37(22-9-2-1-3-10-22)36-30(21)23-16-20-8-4-7-13-28(20)42-32(23)40/h1-16,18,38H,19H2,(H,34,35). The summed E-state index contributed by atoms with van der Waals surface area (Å²) >= 11 is 0. The Bertz CT molecular complexity index is 2080. The molecule has 10 nitrogen and oxygen atoms in total. The molecule has 0 atom stereocenters. The molecule has 0 bridgehead atoms. The van der Waals surface area contributed by atoms with E-state index in [1.807, 2.05) is 54.6 Å². The van der Waals surface area contributed by atoms with E-state index in [1.54, 1.807) is 47.3 Å². The summed E-state index contributed by atoms with van der Waals surface area (Å²) < 4.78 is 12.3. The van der Waals surface area contributed by atoms with Crippen molar-refractivity contribution in [2.45, 2.75) is 0 Å². The van der Waals surface area contributed by atoms with Gasteiger partial charge in [0.1, 0.15) is 29.5 Å². The van der Waals surface area contributed by atoms with Gasteiger partial charge in [0, 0.05) is 23.2 Å². The number of carbonyl (C=O) groups excluding carboxylic acids is 1. The van der Waals surface area contributed by atoms with Gasteiger partial charge in [-0.3, -0.25) is 0 Å². The van der Waals surface area contributed by atoms with Crippen LogP contribution in [0.3, 0.4) is 0 Å². The van der Waals surface area contributed by atoms with Gasteiger partial charge in [0.05, 0.1) is 22.3 Å². The normalized spacial score (nSPS) is 12.0. The summed E-state index contributed by atoms with van der Waals surface area (Å²) in [5.74, 6) is -1.08. The molecule has 0 unspecified atom stereocenters. The zero-order valence-corrected chi connectivity index (χ0v) is 21.9. The van der Waals surface area contributed by atoms with E-state index in [9.17, 15) is 20.0 Å². The SMILES string of the molecule is N#CC(=C(O)COC(=O)C=Cc1cn(-c2ccccc2)nc1-c1cc2ccccc2oc1=O)c1nc2ccccc2[nH]1. The number of para-hydroxylation sites is 4. The van der Waals surface area contributed by atoms with Crippen molar-refractivity contribution in [1.29, 1.82) is 5.26 Å². The lowest BCUT2D eigenvalue weighted by Gasteiger charge is -2.03. The first-order valence-corrected chi connectivity index (χ1v) is 12.8. The number of H-pyrrole nitrogens is 1. The Balaban J connectivity index is 1.28. The molecule has 0 fully saturated rings. The molecule has 2 N–H and O–H groups in total. The van der Waals surface area contributed by atoms with E-state index < -0.39 is 24.0 Å². The molecule has 0 aliphatic rings. The number of nitriles is 1. The first-order valence-electron chi connectivity index (χ1n) is 12.8. The predicted octanol–water partition coefficient (Wildman–Crippen LogP) is 5.57. The molecule has 0 radical (unpaired) electrons. The monoisotopic (exact) mass is 555 g/mol. The predicted molar refractivity (Wildman–Crippen MR) is 156 cm³/mol. The van der Waals surface area contributed by atoms with Crippen LogP contribution in [-0.2, 0) is 9.53 Å². The largest absolute Gasteiger partial charge is 0.507 e. The number of imidazole rings is 1. The highest BCUT2D eigenvalue weighted by Gasteiger charge is 2.17. The van der Waals surface area contributed by atoms with Gasteiger partial charge in [0.15, 0.2) is 11.6 Å². The molecule has 0 aliphatic heterocycles. The van der Waals surface area contributed by atoms with Gasteiger partial charge in [-0.05, 0) is 42.5 Å². The maximum absolute atomic E-state index is 12.9. The lowest BCUT2D eigenvalue weighted by Crippen LogP contribution is -2.06. The number of aromatic nitrogens is 4. The van der Waals surface area contributed by atoms with E-state index in [0.717, 1.165) is 17.1 Å². The minimum atomic E-state index is -0.785. The Morgan fingerprint density at radius 1 is 1.07 bits per heavy atom. The van der Waals surface area contributed by atoms with Crippen LogP contribution >= 0.6 is 0 Å². The van der Waals surface area contributed by atoms with Gasteiger partial charge in [-0.2, -0.15) is 10.4 Å². The van der Waals surface area contributed by atoms with Crippen LogP contribution in [0.1, 0.15) is 11.4 Å². The minimum Gasteiger partial charge on any atom is -0.507 e. The minimum absolute atomic E-state index is 0.141. The van der Waals surface area contributed by atoms with Gasteiger partial charge in [0.2, 0.25) is 0 Å². The zero-order valence-electron chi connectivity index (χ0n) is 21.9. The number of benzene rings is 3. The maximum atomic E-state index is 12.9. The van der Waals surface area contributed by atoms with E-state index in [-0.39, 0.29) is 17.0 Å². The van der Waals surface area contributed by atoms with Crippen molar-refractivity contribution in [3.63, 3.8) is 0 Å². The molecule has 3 aromatic carbocycles. The quantitative estimate of drug-likeness (QED) is 0.0854. The number of ether oxygens (including phenoxy) is 1. The number of esters is 1. The molecule has 0 saturated heterocycles. The van der Waals surface area contributed by atoms with Crippen LogP contribution < -0.4 is 5.63 Å². The molecule has 6 aromatic rings. The summed E-state index contributed by atoms with van der Waals surface area (Å²) in [5, 5.41) is 25.4. The van der Waals surface area contributed by atoms with Crippen molar-refractivity contribution in [2.75, 3.05) is 6.61 Å². The fraction of sp³-hybridized carbons (Fsp3) is 0.0312. The molecule has 3 aromatic heterocycles. The molecule has 0 saturated carbocycles. The Kier molecular flexibility index (Phi) is 6.89. The summed E-state index contributed by atoms with van der Waals surface area (Å²) in [4.78, 5) is 32.8. The van der Waals surface area contributed by atoms with Crippen molar-refractivity contribution < 1.29 is 19.1 Å². The van der Waals surface area contributed by atoms with Crippen molar-refractivity contribution in [1.82, 2.24) is 19.7 Å². The van der Waals surface area contributed by atoms with Crippen LogP contribution in [0.4, 0.5) is 0 Å². The lowest BCUT2D eigenvalue weighted by molar-refractivity contribution is -0.137. The summed E-state index contributed by atoms with van der Waals surface area (Å²) in [7, 11) is 0. The molecule has 0 spiro atoms. The molecule has 6 rings (SSSR count). The van der Waals surface area contributed by atoms with E-state index in [1.165, 1.54) is 6.08 Å². The highest BCUT2D eigenvalue weighted by Crippen LogP contribution is 2.26. The fourth-order valence-electron chi connectivity index (χ4n) is 4.40. The Morgan fingerprint density at radius 2 is 1.83 bits per heavy atom. The van der Waals surface area contributed by atoms with Crippen molar-refractivity contribution in [3.05, 3.63) is 125 Å². The van der Waals surface area contributed by atoms with Crippen molar-refractivity contribution in [3.8, 4) is 23.0 Å². The van der Waals surface area contributed by atoms with E-state index in [2.05, 4.69) is 15.1 Å². The number of hydrogen-bond donors (Lipinski definition) is 2. The van der Waals surface area contributed by atoms with Crippen LogP contribution in [0.5, 0.6) is 0 Å². The molecule has 0 amide bonds. The zero-order chi connectivity index (χ0) is 29.1. The third kappa shape index (κ3) is 5.17. The van der Waals surface area contributed by atoms with Gasteiger partial charge in [-0.1, -0.05) is 48.5 Å². The third-order valence-electron chi connectivity index (χ3n) is 6.44. The van der Waals surface area contributed by atoms with E-state index in [0.29, 0.717) is 27.9 Å². The molecule has 0 aliphatic carbocycles. The topological polar surface area (TPSA) is 147 Å². The second-order valence-electron chi connectivity index (χ2n) is 9.18. The number of nitrogens with zero attached hydrogens (tertiary/aromatic N) is 4. The number of rotatable bonds is 7. The number of aliphatic hydroxyl groups is 1. The first kappa shape index (κ1) is 26.0. The number of allylic oxidation sites excluding steroid dienone is 1. The van der Waals surface area contributed by atoms with Crippen molar-refractivity contribution >= 4 is 39.6 Å². The molecule has 10 heteroatoms. The summed E-state index contributed by atoms with van der Waals surface area (Å²) in [6, 6.07) is 27.2. The number of nitrogens with one attached hydrogen (secondary N) is 1.